The van der Waals surface area contributed by atoms with Crippen LogP contribution in [0.3, 0.4) is 0 Å². The van der Waals surface area contributed by atoms with Crippen molar-refractivity contribution in [2.75, 3.05) is 0 Å². The zero-order valence-electron chi connectivity index (χ0n) is 11.6. The van der Waals surface area contributed by atoms with E-state index in [-0.39, 0.29) is 12.8 Å². The van der Waals surface area contributed by atoms with Gasteiger partial charge in [0.25, 0.3) is 0 Å². The summed E-state index contributed by atoms with van der Waals surface area (Å²) in [6, 6.07) is 6.70. The van der Waals surface area contributed by atoms with Crippen LogP contribution in [0.2, 0.25) is 0 Å². The SMILES string of the molecule is NC(Cc1ccccc1)(C(=O)O)C(=O)C(CC(=O)O)NC=O. The molecule has 0 spiro atoms. The Kier molecular flexibility index (Phi) is 5.76. The summed E-state index contributed by atoms with van der Waals surface area (Å²) in [5.41, 5.74) is 3.89. The van der Waals surface area contributed by atoms with Crippen LogP contribution in [0.4, 0.5) is 0 Å². The summed E-state index contributed by atoms with van der Waals surface area (Å²) in [7, 11) is 0. The Morgan fingerprint density at radius 2 is 1.82 bits per heavy atom. The van der Waals surface area contributed by atoms with Gasteiger partial charge in [0.15, 0.2) is 11.3 Å². The van der Waals surface area contributed by atoms with Gasteiger partial charge in [-0.25, -0.2) is 4.79 Å². The third-order valence-corrected chi connectivity index (χ3v) is 3.11. The number of carbonyl (C=O) groups is 4. The number of carboxylic acids is 2. The highest BCUT2D eigenvalue weighted by atomic mass is 16.4. The molecule has 22 heavy (non-hydrogen) atoms. The minimum Gasteiger partial charge on any atom is -0.481 e. The highest BCUT2D eigenvalue weighted by Gasteiger charge is 2.46. The summed E-state index contributed by atoms with van der Waals surface area (Å²) in [6.07, 6.45) is -0.937. The van der Waals surface area contributed by atoms with E-state index in [2.05, 4.69) is 0 Å². The molecule has 8 heteroatoms. The normalized spacial score (nSPS) is 14.4. The van der Waals surface area contributed by atoms with Crippen LogP contribution in [-0.2, 0) is 25.6 Å². The molecule has 0 bridgehead atoms. The molecular weight excluding hydrogens is 292 g/mol. The molecule has 0 aliphatic carbocycles. The minimum atomic E-state index is -2.34. The van der Waals surface area contributed by atoms with Crippen molar-refractivity contribution in [3.63, 3.8) is 0 Å². The summed E-state index contributed by atoms with van der Waals surface area (Å²) >= 11 is 0. The molecule has 8 nitrogen and oxygen atoms in total. The van der Waals surface area contributed by atoms with Gasteiger partial charge in [-0.15, -0.1) is 0 Å². The molecule has 0 aliphatic heterocycles. The summed E-state index contributed by atoms with van der Waals surface area (Å²) in [6.45, 7) is 0. The average molecular weight is 308 g/mol. The van der Waals surface area contributed by atoms with E-state index in [1.165, 1.54) is 0 Å². The Hall–Kier alpha value is -2.74. The lowest BCUT2D eigenvalue weighted by atomic mass is 9.83. The number of aliphatic carboxylic acids is 2. The Morgan fingerprint density at radius 1 is 1.23 bits per heavy atom. The largest absolute Gasteiger partial charge is 0.481 e. The molecule has 0 saturated carbocycles. The van der Waals surface area contributed by atoms with Gasteiger partial charge in [-0.3, -0.25) is 14.4 Å². The summed E-state index contributed by atoms with van der Waals surface area (Å²) < 4.78 is 0. The Morgan fingerprint density at radius 3 is 2.27 bits per heavy atom. The highest BCUT2D eigenvalue weighted by Crippen LogP contribution is 2.16. The predicted molar refractivity (Wildman–Crippen MR) is 74.9 cm³/mol. The molecule has 0 radical (unpaired) electrons. The van der Waals surface area contributed by atoms with Gasteiger partial charge in [0.2, 0.25) is 6.41 Å². The predicted octanol–water partition coefficient (Wildman–Crippen LogP) is -0.830. The lowest BCUT2D eigenvalue weighted by Crippen LogP contribution is -2.62. The first-order chi connectivity index (χ1) is 10.3. The minimum absolute atomic E-state index is 0.135. The molecule has 5 N–H and O–H groups in total. The van der Waals surface area contributed by atoms with E-state index in [0.29, 0.717) is 5.56 Å². The van der Waals surface area contributed by atoms with E-state index < -0.39 is 35.7 Å². The zero-order chi connectivity index (χ0) is 16.8. The molecular formula is C14H16N2O6. The van der Waals surface area contributed by atoms with E-state index in [1.807, 2.05) is 5.32 Å². The van der Waals surface area contributed by atoms with E-state index in [0.717, 1.165) is 0 Å². The first-order valence-corrected chi connectivity index (χ1v) is 6.33. The van der Waals surface area contributed by atoms with Gasteiger partial charge in [0.1, 0.15) is 6.04 Å². The maximum atomic E-state index is 12.3. The molecule has 118 valence electrons. The number of ketones is 1. The van der Waals surface area contributed by atoms with Crippen LogP contribution in [-0.4, -0.2) is 45.9 Å². The number of carboxylic acid groups (broad SMARTS) is 2. The lowest BCUT2D eigenvalue weighted by Gasteiger charge is -2.27. The number of benzene rings is 1. The van der Waals surface area contributed by atoms with Crippen LogP contribution in [0.1, 0.15) is 12.0 Å². The van der Waals surface area contributed by atoms with Crippen LogP contribution in [0.25, 0.3) is 0 Å². The summed E-state index contributed by atoms with van der Waals surface area (Å²) in [5, 5.41) is 20.1. The molecule has 2 unspecified atom stereocenters. The standard InChI is InChI=1S/C14H16N2O6/c15-14(13(21)22,7-9-4-2-1-3-5-9)12(20)10(16-8-17)6-11(18)19/h1-5,8,10H,6-7,15H2,(H,16,17)(H,18,19)(H,21,22). The van der Waals surface area contributed by atoms with Crippen molar-refractivity contribution in [3.8, 4) is 0 Å². The maximum absolute atomic E-state index is 12.3. The number of rotatable bonds is 9. The molecule has 1 amide bonds. The number of nitrogens with two attached hydrogens (primary N) is 1. The first kappa shape index (κ1) is 17.3. The Labute approximate surface area is 125 Å². The van der Waals surface area contributed by atoms with Gasteiger partial charge in [-0.2, -0.15) is 0 Å². The molecule has 0 saturated heterocycles. The number of nitrogens with one attached hydrogen (secondary N) is 1. The fourth-order valence-corrected chi connectivity index (χ4v) is 1.98. The van der Waals surface area contributed by atoms with E-state index in [9.17, 15) is 24.3 Å². The van der Waals surface area contributed by atoms with Crippen molar-refractivity contribution < 1.29 is 29.4 Å². The fourth-order valence-electron chi connectivity index (χ4n) is 1.98. The van der Waals surface area contributed by atoms with Crippen LogP contribution >= 0.6 is 0 Å². The first-order valence-electron chi connectivity index (χ1n) is 6.33. The van der Waals surface area contributed by atoms with Crippen LogP contribution in [0.5, 0.6) is 0 Å². The van der Waals surface area contributed by atoms with Crippen molar-refractivity contribution in [3.05, 3.63) is 35.9 Å². The quantitative estimate of drug-likeness (QED) is 0.344. The third kappa shape index (κ3) is 4.13. The molecule has 0 aromatic heterocycles. The van der Waals surface area contributed by atoms with Gasteiger partial charge in [-0.05, 0) is 5.56 Å². The van der Waals surface area contributed by atoms with Crippen molar-refractivity contribution in [2.24, 2.45) is 5.73 Å². The Bertz CT molecular complexity index is 574. The zero-order valence-corrected chi connectivity index (χ0v) is 11.6. The summed E-state index contributed by atoms with van der Waals surface area (Å²) in [4.78, 5) is 45.1. The second-order valence-corrected chi connectivity index (χ2v) is 4.74. The monoisotopic (exact) mass is 308 g/mol. The van der Waals surface area contributed by atoms with Gasteiger partial charge < -0.3 is 21.3 Å². The van der Waals surface area contributed by atoms with Gasteiger partial charge in [0, 0.05) is 6.42 Å². The van der Waals surface area contributed by atoms with E-state index in [4.69, 9.17) is 10.8 Å². The Balaban J connectivity index is 3.10. The van der Waals surface area contributed by atoms with Crippen molar-refractivity contribution in [2.45, 2.75) is 24.4 Å². The molecule has 1 aromatic rings. The molecule has 0 aliphatic rings. The second-order valence-electron chi connectivity index (χ2n) is 4.74. The smallest absolute Gasteiger partial charge is 0.331 e. The third-order valence-electron chi connectivity index (χ3n) is 3.11. The van der Waals surface area contributed by atoms with Crippen molar-refractivity contribution in [1.82, 2.24) is 5.32 Å². The van der Waals surface area contributed by atoms with Gasteiger partial charge in [0.05, 0.1) is 6.42 Å². The van der Waals surface area contributed by atoms with E-state index in [1.54, 1.807) is 30.3 Å². The molecule has 0 heterocycles. The lowest BCUT2D eigenvalue weighted by molar-refractivity contribution is -0.151. The van der Waals surface area contributed by atoms with Gasteiger partial charge >= 0.3 is 11.9 Å². The number of carbonyl (C=O) groups excluding carboxylic acids is 2. The van der Waals surface area contributed by atoms with Crippen molar-refractivity contribution >= 4 is 24.1 Å². The number of hydrogen-bond acceptors (Lipinski definition) is 5. The van der Waals surface area contributed by atoms with Crippen LogP contribution in [0, 0.1) is 0 Å². The van der Waals surface area contributed by atoms with Gasteiger partial charge in [-0.1, -0.05) is 30.3 Å². The van der Waals surface area contributed by atoms with E-state index >= 15 is 0 Å². The van der Waals surface area contributed by atoms with Crippen molar-refractivity contribution in [1.29, 1.82) is 0 Å². The average Bonchev–Trinajstić information content (AvgIpc) is 2.46. The molecule has 1 rings (SSSR count). The molecule has 2 atom stereocenters. The molecule has 1 aromatic carbocycles. The molecule has 0 fully saturated rings. The fraction of sp³-hybridized carbons (Fsp3) is 0.286. The highest BCUT2D eigenvalue weighted by molar-refractivity contribution is 6.11. The number of Topliss-reactive ketones (excluding diaryl/α,β-unsaturated/α-hetero) is 1. The maximum Gasteiger partial charge on any atom is 0.331 e. The number of hydrogen-bond donors (Lipinski definition) is 4. The summed E-state index contributed by atoms with van der Waals surface area (Å²) in [5.74, 6) is -4.03. The topological polar surface area (TPSA) is 147 Å². The van der Waals surface area contributed by atoms with Crippen LogP contribution < -0.4 is 11.1 Å². The van der Waals surface area contributed by atoms with Crippen LogP contribution in [0.15, 0.2) is 30.3 Å². The number of amides is 1. The second kappa shape index (κ2) is 7.32.